The Morgan fingerprint density at radius 1 is 1.10 bits per heavy atom. The normalized spacial score (nSPS) is 36.8. The van der Waals surface area contributed by atoms with E-state index in [1.807, 2.05) is 0 Å². The molecule has 0 amide bonds. The zero-order valence-corrected chi connectivity index (χ0v) is 14.6. The van der Waals surface area contributed by atoms with E-state index in [2.05, 4.69) is 51.9 Å². The van der Waals surface area contributed by atoms with Crippen molar-refractivity contribution < 1.29 is 0 Å². The van der Waals surface area contributed by atoms with Crippen molar-refractivity contribution in [1.82, 2.24) is 10.2 Å². The van der Waals surface area contributed by atoms with E-state index in [1.165, 1.54) is 38.8 Å². The predicted molar refractivity (Wildman–Crippen MR) is 87.9 cm³/mol. The summed E-state index contributed by atoms with van der Waals surface area (Å²) in [5.41, 5.74) is 0.466. The standard InChI is InChI=1S/C18H36N2/c1-13(2)14-9-10-20(12-14)17-11-15(18(3,4)5)7-8-16(17)19-6/h13-17,19H,7-12H2,1-6H3. The fourth-order valence-corrected chi connectivity index (χ4v) is 4.33. The zero-order valence-electron chi connectivity index (χ0n) is 14.6. The third kappa shape index (κ3) is 3.57. The number of likely N-dealkylation sites (tertiary alicyclic amines) is 1. The van der Waals surface area contributed by atoms with Crippen LogP contribution < -0.4 is 5.32 Å². The zero-order chi connectivity index (χ0) is 14.9. The van der Waals surface area contributed by atoms with Gasteiger partial charge in [0.25, 0.3) is 0 Å². The summed E-state index contributed by atoms with van der Waals surface area (Å²) in [6.45, 7) is 14.7. The summed E-state index contributed by atoms with van der Waals surface area (Å²) in [7, 11) is 2.16. The molecule has 0 aromatic carbocycles. The van der Waals surface area contributed by atoms with E-state index >= 15 is 0 Å². The molecule has 1 heterocycles. The molecular formula is C18H36N2. The monoisotopic (exact) mass is 280 g/mol. The predicted octanol–water partition coefficient (Wildman–Crippen LogP) is 3.77. The first-order valence-corrected chi connectivity index (χ1v) is 8.74. The Balaban J connectivity index is 2.03. The Kier molecular flexibility index (Phi) is 5.18. The average Bonchev–Trinajstić information content (AvgIpc) is 2.86. The molecule has 2 rings (SSSR count). The van der Waals surface area contributed by atoms with Crippen LogP contribution in [0.5, 0.6) is 0 Å². The topological polar surface area (TPSA) is 15.3 Å². The first-order chi connectivity index (χ1) is 9.32. The first kappa shape index (κ1) is 16.3. The third-order valence-electron chi connectivity index (χ3n) is 6.08. The van der Waals surface area contributed by atoms with Crippen molar-refractivity contribution in [3.63, 3.8) is 0 Å². The van der Waals surface area contributed by atoms with Crippen molar-refractivity contribution in [3.8, 4) is 0 Å². The molecule has 2 fully saturated rings. The van der Waals surface area contributed by atoms with E-state index in [-0.39, 0.29) is 0 Å². The summed E-state index contributed by atoms with van der Waals surface area (Å²) in [6, 6.07) is 1.47. The number of hydrogen-bond donors (Lipinski definition) is 1. The number of nitrogens with zero attached hydrogens (tertiary/aromatic N) is 1. The Morgan fingerprint density at radius 2 is 1.80 bits per heavy atom. The molecule has 4 unspecified atom stereocenters. The number of rotatable bonds is 3. The third-order valence-corrected chi connectivity index (χ3v) is 6.08. The molecule has 0 radical (unpaired) electrons. The van der Waals surface area contributed by atoms with Crippen LogP contribution in [0.2, 0.25) is 0 Å². The van der Waals surface area contributed by atoms with Crippen LogP contribution in [0.25, 0.3) is 0 Å². The molecule has 0 aromatic heterocycles. The van der Waals surface area contributed by atoms with E-state index in [4.69, 9.17) is 0 Å². The molecule has 2 nitrogen and oxygen atoms in total. The Bertz CT molecular complexity index is 305. The molecule has 2 aliphatic rings. The van der Waals surface area contributed by atoms with Crippen molar-refractivity contribution in [2.45, 2.75) is 72.4 Å². The molecule has 20 heavy (non-hydrogen) atoms. The molecule has 1 saturated heterocycles. The smallest absolute Gasteiger partial charge is 0.0252 e. The van der Waals surface area contributed by atoms with Crippen molar-refractivity contribution in [3.05, 3.63) is 0 Å². The van der Waals surface area contributed by atoms with Crippen LogP contribution in [-0.4, -0.2) is 37.1 Å². The van der Waals surface area contributed by atoms with Crippen LogP contribution in [0.15, 0.2) is 0 Å². The minimum Gasteiger partial charge on any atom is -0.315 e. The van der Waals surface area contributed by atoms with E-state index in [1.54, 1.807) is 0 Å². The largest absolute Gasteiger partial charge is 0.315 e. The van der Waals surface area contributed by atoms with Gasteiger partial charge >= 0.3 is 0 Å². The van der Waals surface area contributed by atoms with Crippen molar-refractivity contribution in [2.24, 2.45) is 23.2 Å². The van der Waals surface area contributed by atoms with Gasteiger partial charge in [0.2, 0.25) is 0 Å². The Labute approximate surface area is 126 Å². The summed E-state index contributed by atoms with van der Waals surface area (Å²) < 4.78 is 0. The van der Waals surface area contributed by atoms with Gasteiger partial charge in [-0.1, -0.05) is 34.6 Å². The molecule has 2 heteroatoms. The second-order valence-electron chi connectivity index (χ2n) is 8.63. The molecule has 0 spiro atoms. The molecule has 1 saturated carbocycles. The van der Waals surface area contributed by atoms with Gasteiger partial charge in [-0.2, -0.15) is 0 Å². The fraction of sp³-hybridized carbons (Fsp3) is 1.00. The van der Waals surface area contributed by atoms with Gasteiger partial charge in [-0.3, -0.25) is 4.90 Å². The van der Waals surface area contributed by atoms with E-state index in [0.717, 1.165) is 23.8 Å². The van der Waals surface area contributed by atoms with Crippen LogP contribution in [0.3, 0.4) is 0 Å². The molecule has 1 aliphatic heterocycles. The lowest BCUT2D eigenvalue weighted by atomic mass is 9.69. The molecule has 4 atom stereocenters. The minimum absolute atomic E-state index is 0.466. The number of nitrogens with one attached hydrogen (secondary N) is 1. The van der Waals surface area contributed by atoms with Crippen molar-refractivity contribution >= 4 is 0 Å². The van der Waals surface area contributed by atoms with Gasteiger partial charge in [-0.15, -0.1) is 0 Å². The van der Waals surface area contributed by atoms with E-state index in [0.29, 0.717) is 11.5 Å². The van der Waals surface area contributed by atoms with E-state index in [9.17, 15) is 0 Å². The van der Waals surface area contributed by atoms with Crippen LogP contribution in [0, 0.1) is 23.2 Å². The lowest BCUT2D eigenvalue weighted by Crippen LogP contribution is -2.53. The van der Waals surface area contributed by atoms with Gasteiger partial charge in [0.1, 0.15) is 0 Å². The highest BCUT2D eigenvalue weighted by molar-refractivity contribution is 4.96. The highest BCUT2D eigenvalue weighted by Gasteiger charge is 2.40. The fourth-order valence-electron chi connectivity index (χ4n) is 4.33. The van der Waals surface area contributed by atoms with Crippen LogP contribution >= 0.6 is 0 Å². The summed E-state index contributed by atoms with van der Waals surface area (Å²) in [6.07, 6.45) is 5.55. The molecule has 118 valence electrons. The molecule has 0 bridgehead atoms. The maximum absolute atomic E-state index is 3.61. The molecule has 1 aliphatic carbocycles. The second-order valence-corrected chi connectivity index (χ2v) is 8.63. The number of hydrogen-bond acceptors (Lipinski definition) is 2. The average molecular weight is 280 g/mol. The van der Waals surface area contributed by atoms with E-state index < -0.39 is 0 Å². The van der Waals surface area contributed by atoms with Gasteiger partial charge in [-0.05, 0) is 62.4 Å². The molecule has 0 aromatic rings. The van der Waals surface area contributed by atoms with Gasteiger partial charge < -0.3 is 5.32 Å². The summed E-state index contributed by atoms with van der Waals surface area (Å²) in [5.74, 6) is 2.65. The maximum Gasteiger partial charge on any atom is 0.0252 e. The van der Waals surface area contributed by atoms with Crippen LogP contribution in [0.4, 0.5) is 0 Å². The molecule has 1 N–H and O–H groups in total. The summed E-state index contributed by atoms with van der Waals surface area (Å²) in [4.78, 5) is 2.81. The maximum atomic E-state index is 3.61. The van der Waals surface area contributed by atoms with Crippen molar-refractivity contribution in [2.75, 3.05) is 20.1 Å². The lowest BCUT2D eigenvalue weighted by Gasteiger charge is -2.45. The Morgan fingerprint density at radius 3 is 2.30 bits per heavy atom. The van der Waals surface area contributed by atoms with Gasteiger partial charge in [0.05, 0.1) is 0 Å². The highest BCUT2D eigenvalue weighted by atomic mass is 15.2. The number of likely N-dealkylation sites (N-methyl/N-ethyl adjacent to an activating group) is 1. The summed E-state index contributed by atoms with van der Waals surface area (Å²) >= 11 is 0. The first-order valence-electron chi connectivity index (χ1n) is 8.74. The van der Waals surface area contributed by atoms with Crippen molar-refractivity contribution in [1.29, 1.82) is 0 Å². The summed E-state index contributed by atoms with van der Waals surface area (Å²) in [5, 5.41) is 3.61. The van der Waals surface area contributed by atoms with Gasteiger partial charge in [0.15, 0.2) is 0 Å². The van der Waals surface area contributed by atoms with Gasteiger partial charge in [-0.25, -0.2) is 0 Å². The highest BCUT2D eigenvalue weighted by Crippen LogP contribution is 2.40. The second kappa shape index (κ2) is 6.36. The quantitative estimate of drug-likeness (QED) is 0.846. The van der Waals surface area contributed by atoms with Crippen LogP contribution in [-0.2, 0) is 0 Å². The molecular weight excluding hydrogens is 244 g/mol. The van der Waals surface area contributed by atoms with Crippen LogP contribution in [0.1, 0.15) is 60.3 Å². The van der Waals surface area contributed by atoms with Gasteiger partial charge in [0, 0.05) is 18.6 Å². The Hall–Kier alpha value is -0.0800. The minimum atomic E-state index is 0.466. The lowest BCUT2D eigenvalue weighted by molar-refractivity contribution is 0.0705. The SMILES string of the molecule is CNC1CCC(C(C)(C)C)CC1N1CCC(C(C)C)C1.